The molecular weight excluding hydrogens is 487 g/mol. The molecule has 168 valence electrons. The number of allylic oxidation sites excluding steroid dienone is 3. The Balaban J connectivity index is 2.14. The van der Waals surface area contributed by atoms with Crippen molar-refractivity contribution in [3.8, 4) is 0 Å². The Morgan fingerprint density at radius 2 is 2.07 bits per heavy atom. The smallest absolute Gasteiger partial charge is 0.129 e. The molecule has 0 bridgehead atoms. The van der Waals surface area contributed by atoms with Crippen LogP contribution in [0.1, 0.15) is 45.7 Å². The highest BCUT2D eigenvalue weighted by atomic mass is 127. The van der Waals surface area contributed by atoms with Gasteiger partial charge in [0.05, 0.1) is 11.2 Å². The molecule has 1 N–H and O–H groups in total. The van der Waals surface area contributed by atoms with Crippen molar-refractivity contribution in [1.82, 2.24) is 20.1 Å². The number of rotatable bonds is 10. The minimum atomic E-state index is -0.221. The SMILES string of the molecule is C=I/C(=C\C)C(CCNC)O/C(C)=C(/C)N1CCC(c2ccccn2)(N(C)C)CC1. The standard InChI is InChI=1S/C24H39IN4O/c1-8-21(25-4)22(12-16-26-5)30-20(3)19(2)29-17-13-24(14-18-29,28(6)7)23-11-9-10-15-27-23/h8-11,15,22,26H,4,12-14,16-18H2,1-3,5-7H3/b20-19-,21-8-. The van der Waals surface area contributed by atoms with Crippen molar-refractivity contribution in [3.63, 3.8) is 0 Å². The maximum absolute atomic E-state index is 6.49. The Hall–Kier alpha value is -1.25. The average molecular weight is 527 g/mol. The zero-order chi connectivity index (χ0) is 22.1. The van der Waals surface area contributed by atoms with Gasteiger partial charge in [0.25, 0.3) is 0 Å². The fraction of sp³-hybridized carbons (Fsp3) is 0.583. The molecule has 0 spiro atoms. The molecule has 1 atom stereocenters. The first kappa shape index (κ1) is 25.0. The zero-order valence-electron chi connectivity index (χ0n) is 19.5. The lowest BCUT2D eigenvalue weighted by Gasteiger charge is -2.46. The predicted octanol–water partition coefficient (Wildman–Crippen LogP) is 4.49. The van der Waals surface area contributed by atoms with Gasteiger partial charge < -0.3 is 15.0 Å². The minimum absolute atomic E-state index is 0.00142. The van der Waals surface area contributed by atoms with Crippen molar-refractivity contribution < 1.29 is 4.74 Å². The Bertz CT molecular complexity index is 737. The van der Waals surface area contributed by atoms with Crippen LogP contribution >= 0.6 is 20.7 Å². The van der Waals surface area contributed by atoms with Crippen molar-refractivity contribution in [3.05, 3.63) is 51.2 Å². The van der Waals surface area contributed by atoms with Crippen molar-refractivity contribution in [2.45, 2.75) is 51.7 Å². The first-order valence-corrected chi connectivity index (χ1v) is 13.4. The van der Waals surface area contributed by atoms with Crippen LogP contribution in [0.25, 0.3) is 0 Å². The van der Waals surface area contributed by atoms with E-state index in [9.17, 15) is 0 Å². The van der Waals surface area contributed by atoms with Crippen LogP contribution in [0.5, 0.6) is 0 Å². The van der Waals surface area contributed by atoms with Crippen LogP contribution in [0.3, 0.4) is 0 Å². The van der Waals surface area contributed by atoms with E-state index in [4.69, 9.17) is 9.72 Å². The number of piperidine rings is 1. The topological polar surface area (TPSA) is 40.6 Å². The summed E-state index contributed by atoms with van der Waals surface area (Å²) in [5.41, 5.74) is 2.42. The molecule has 1 fully saturated rings. The van der Waals surface area contributed by atoms with E-state index in [2.05, 4.69) is 72.7 Å². The highest BCUT2D eigenvalue weighted by molar-refractivity contribution is 14.2. The Labute approximate surface area is 193 Å². The third kappa shape index (κ3) is 5.92. The summed E-state index contributed by atoms with van der Waals surface area (Å²) in [5.74, 6) is 1.03. The third-order valence-electron chi connectivity index (χ3n) is 6.29. The summed E-state index contributed by atoms with van der Waals surface area (Å²) >= 11 is -0.221. The van der Waals surface area contributed by atoms with Gasteiger partial charge in [0.1, 0.15) is 11.9 Å². The number of nitrogens with zero attached hydrogens (tertiary/aromatic N) is 3. The highest BCUT2D eigenvalue weighted by Crippen LogP contribution is 2.37. The highest BCUT2D eigenvalue weighted by Gasteiger charge is 2.39. The van der Waals surface area contributed by atoms with Crippen LogP contribution in [0, 0.1) is 0 Å². The van der Waals surface area contributed by atoms with Crippen LogP contribution in [0.4, 0.5) is 0 Å². The van der Waals surface area contributed by atoms with E-state index in [0.29, 0.717) is 0 Å². The molecule has 0 aliphatic carbocycles. The maximum Gasteiger partial charge on any atom is 0.129 e. The number of aromatic nitrogens is 1. The number of hydrogen-bond acceptors (Lipinski definition) is 5. The summed E-state index contributed by atoms with van der Waals surface area (Å²) in [5, 5.41) is 3.25. The second kappa shape index (κ2) is 12.0. The van der Waals surface area contributed by atoms with E-state index in [-0.39, 0.29) is 32.4 Å². The quantitative estimate of drug-likeness (QED) is 0.360. The molecule has 1 aliphatic heterocycles. The largest absolute Gasteiger partial charge is 0.488 e. The molecule has 2 rings (SSSR count). The fourth-order valence-electron chi connectivity index (χ4n) is 4.18. The lowest BCUT2D eigenvalue weighted by atomic mass is 9.82. The molecule has 1 aromatic rings. The summed E-state index contributed by atoms with van der Waals surface area (Å²) in [6.45, 7) is 9.36. The second-order valence-corrected chi connectivity index (χ2v) is 10.1. The molecule has 6 heteroatoms. The molecule has 1 saturated heterocycles. The summed E-state index contributed by atoms with van der Waals surface area (Å²) in [4.78, 5) is 9.52. The number of halogens is 1. The van der Waals surface area contributed by atoms with Gasteiger partial charge in [-0.1, -0.05) is 37.4 Å². The van der Waals surface area contributed by atoms with E-state index in [0.717, 1.165) is 44.7 Å². The minimum Gasteiger partial charge on any atom is -0.488 e. The number of ether oxygens (including phenoxy) is 1. The second-order valence-electron chi connectivity index (χ2n) is 8.08. The van der Waals surface area contributed by atoms with Crippen LogP contribution in [0.15, 0.2) is 45.5 Å². The van der Waals surface area contributed by atoms with Crippen molar-refractivity contribution in [2.24, 2.45) is 0 Å². The van der Waals surface area contributed by atoms with Gasteiger partial charge >= 0.3 is 0 Å². The number of nitrogens with one attached hydrogen (secondary N) is 1. The third-order valence-corrected chi connectivity index (χ3v) is 8.48. The van der Waals surface area contributed by atoms with Gasteiger partial charge in [0.15, 0.2) is 0 Å². The predicted molar refractivity (Wildman–Crippen MR) is 137 cm³/mol. The molecule has 1 aliphatic rings. The lowest BCUT2D eigenvalue weighted by Crippen LogP contribution is -2.50. The summed E-state index contributed by atoms with van der Waals surface area (Å²) in [6.07, 6.45) is 7.31. The first-order chi connectivity index (χ1) is 14.4. The number of hydrogen-bond donors (Lipinski definition) is 1. The molecule has 0 aromatic carbocycles. The van der Waals surface area contributed by atoms with Crippen molar-refractivity contribution >= 4 is 25.2 Å². The van der Waals surface area contributed by atoms with Gasteiger partial charge in [-0.05, 0) is 73.4 Å². The molecule has 0 saturated carbocycles. The van der Waals surface area contributed by atoms with E-state index in [1.165, 1.54) is 15.0 Å². The molecule has 30 heavy (non-hydrogen) atoms. The molecule has 1 unspecified atom stereocenters. The van der Waals surface area contributed by atoms with Crippen LogP contribution < -0.4 is 5.32 Å². The molecular formula is C24H39IN4O. The van der Waals surface area contributed by atoms with E-state index in [1.54, 1.807) is 0 Å². The maximum atomic E-state index is 6.49. The summed E-state index contributed by atoms with van der Waals surface area (Å²) in [7, 11) is 6.34. The summed E-state index contributed by atoms with van der Waals surface area (Å²) < 4.78 is 12.1. The lowest BCUT2D eigenvalue weighted by molar-refractivity contribution is 0.0582. The van der Waals surface area contributed by atoms with Crippen LogP contribution in [0.2, 0.25) is 0 Å². The van der Waals surface area contributed by atoms with E-state index in [1.807, 2.05) is 19.3 Å². The monoisotopic (exact) mass is 526 g/mol. The molecule has 0 amide bonds. The van der Waals surface area contributed by atoms with Gasteiger partial charge in [0.2, 0.25) is 0 Å². The average Bonchev–Trinajstić information content (AvgIpc) is 2.78. The Kier molecular flexibility index (Phi) is 9.97. The van der Waals surface area contributed by atoms with E-state index < -0.39 is 0 Å². The van der Waals surface area contributed by atoms with Gasteiger partial charge in [-0.15, -0.1) is 0 Å². The van der Waals surface area contributed by atoms with Gasteiger partial charge in [-0.2, -0.15) is 0 Å². The van der Waals surface area contributed by atoms with Crippen molar-refractivity contribution in [1.29, 1.82) is 0 Å². The summed E-state index contributed by atoms with van der Waals surface area (Å²) in [6, 6.07) is 6.26. The molecule has 1 aromatic heterocycles. The normalized spacial score (nSPS) is 18.9. The van der Waals surface area contributed by atoms with Crippen LogP contribution in [-0.4, -0.2) is 66.2 Å². The van der Waals surface area contributed by atoms with Gasteiger partial charge in [-0.25, -0.2) is 0 Å². The number of likely N-dealkylation sites (tertiary alicyclic amines) is 1. The van der Waals surface area contributed by atoms with Gasteiger partial charge in [-0.3, -0.25) is 9.88 Å². The van der Waals surface area contributed by atoms with Gasteiger partial charge in [0, 0.05) is 35.0 Å². The Morgan fingerprint density at radius 1 is 1.37 bits per heavy atom. The fourth-order valence-corrected chi connectivity index (χ4v) is 5.55. The van der Waals surface area contributed by atoms with E-state index >= 15 is 0 Å². The Morgan fingerprint density at radius 3 is 2.57 bits per heavy atom. The zero-order valence-corrected chi connectivity index (χ0v) is 21.7. The van der Waals surface area contributed by atoms with Crippen LogP contribution in [-0.2, 0) is 10.3 Å². The molecule has 0 radical (unpaired) electrons. The molecule has 2 heterocycles. The number of pyridine rings is 1. The van der Waals surface area contributed by atoms with Crippen molar-refractivity contribution in [2.75, 3.05) is 40.8 Å². The first-order valence-electron chi connectivity index (χ1n) is 10.8. The molecule has 5 nitrogen and oxygen atoms in total.